The second-order valence-corrected chi connectivity index (χ2v) is 13.4. The van der Waals surface area contributed by atoms with Gasteiger partial charge in [0.25, 0.3) is 0 Å². The topological polar surface area (TPSA) is 24.1 Å². The van der Waals surface area contributed by atoms with E-state index in [0.717, 1.165) is 70.2 Å². The van der Waals surface area contributed by atoms with Gasteiger partial charge in [0, 0.05) is 57.0 Å². The average molecular weight is 535 g/mol. The van der Waals surface area contributed by atoms with Crippen molar-refractivity contribution in [3.63, 3.8) is 0 Å². The molecular weight excluding hydrogens is 506 g/mol. The van der Waals surface area contributed by atoms with Crippen LogP contribution in [-0.2, 0) is 0 Å². The van der Waals surface area contributed by atoms with Crippen LogP contribution in [0.25, 0.3) is 0 Å². The Kier molecular flexibility index (Phi) is 5.02. The standard InChI is InChI=1S/C25H28F6N2S2/c1-11-13-9-32-15-7-5-6-8-16(15)33-10-14-12(2)35-20-18-17(19(34-11)21(13,3)22(14,20)4)23(26,27)25(30,31)24(18,28)29/h15-16,32-33H,5-10H2,1-4H3/t15-,16-,21-,22-/m1/s1. The fourth-order valence-electron chi connectivity index (χ4n) is 7.30. The van der Waals surface area contributed by atoms with Gasteiger partial charge < -0.3 is 10.6 Å². The third-order valence-corrected chi connectivity index (χ3v) is 12.2. The first-order valence-electron chi connectivity index (χ1n) is 12.1. The molecule has 192 valence electrons. The molecule has 0 unspecified atom stereocenters. The number of thioether (sulfide) groups is 2. The quantitative estimate of drug-likeness (QED) is 0.327. The van der Waals surface area contributed by atoms with Crippen molar-refractivity contribution in [2.24, 2.45) is 10.8 Å². The van der Waals surface area contributed by atoms with Crippen molar-refractivity contribution >= 4 is 23.5 Å². The van der Waals surface area contributed by atoms with E-state index in [1.54, 1.807) is 27.7 Å². The predicted molar refractivity (Wildman–Crippen MR) is 128 cm³/mol. The molecule has 6 aliphatic rings. The predicted octanol–water partition coefficient (Wildman–Crippen LogP) is 6.99. The van der Waals surface area contributed by atoms with E-state index in [-0.39, 0.29) is 21.9 Å². The zero-order valence-corrected chi connectivity index (χ0v) is 21.6. The van der Waals surface area contributed by atoms with Crippen LogP contribution < -0.4 is 10.6 Å². The van der Waals surface area contributed by atoms with E-state index in [1.165, 1.54) is 0 Å². The van der Waals surface area contributed by atoms with Crippen LogP contribution in [0.15, 0.2) is 41.9 Å². The van der Waals surface area contributed by atoms with Crippen molar-refractivity contribution < 1.29 is 26.3 Å². The first-order valence-corrected chi connectivity index (χ1v) is 13.7. The largest absolute Gasteiger partial charge is 0.380 e. The summed E-state index contributed by atoms with van der Waals surface area (Å²) in [5, 5.41) is 7.24. The van der Waals surface area contributed by atoms with E-state index < -0.39 is 39.7 Å². The van der Waals surface area contributed by atoms with Crippen molar-refractivity contribution in [2.45, 2.75) is 83.2 Å². The lowest BCUT2D eigenvalue weighted by atomic mass is 9.54. The Labute approximate surface area is 209 Å². The molecular formula is C25H28F6N2S2. The molecule has 0 aromatic carbocycles. The Morgan fingerprint density at radius 3 is 1.43 bits per heavy atom. The third kappa shape index (κ3) is 2.61. The highest BCUT2D eigenvalue weighted by atomic mass is 32.2. The van der Waals surface area contributed by atoms with Gasteiger partial charge in [-0.05, 0) is 61.5 Å². The maximum Gasteiger partial charge on any atom is 0.380 e. The van der Waals surface area contributed by atoms with E-state index in [2.05, 4.69) is 10.6 Å². The summed E-state index contributed by atoms with van der Waals surface area (Å²) in [4.78, 5) is 1.38. The minimum atomic E-state index is -5.50. The van der Waals surface area contributed by atoms with Crippen LogP contribution in [0, 0.1) is 10.8 Å². The maximum atomic E-state index is 15.4. The number of nitrogens with one attached hydrogen (secondary N) is 2. The normalized spacial score (nSPS) is 41.3. The van der Waals surface area contributed by atoms with Crippen molar-refractivity contribution in [3.8, 4) is 0 Å². The molecule has 0 bridgehead atoms. The van der Waals surface area contributed by atoms with E-state index >= 15 is 17.6 Å². The van der Waals surface area contributed by atoms with E-state index in [9.17, 15) is 8.78 Å². The van der Waals surface area contributed by atoms with Gasteiger partial charge in [0.05, 0.1) is 0 Å². The summed E-state index contributed by atoms with van der Waals surface area (Å²) in [5.74, 6) is -15.4. The average Bonchev–Trinajstić information content (AvgIpc) is 3.23. The number of hydrogen-bond acceptors (Lipinski definition) is 4. The summed E-state index contributed by atoms with van der Waals surface area (Å²) < 4.78 is 91.1. The molecule has 0 radical (unpaired) electrons. The lowest BCUT2D eigenvalue weighted by Crippen LogP contribution is -2.55. The second-order valence-electron chi connectivity index (χ2n) is 10.9. The lowest BCUT2D eigenvalue weighted by molar-refractivity contribution is -0.258. The van der Waals surface area contributed by atoms with Crippen LogP contribution in [0.4, 0.5) is 26.3 Å². The molecule has 3 heterocycles. The van der Waals surface area contributed by atoms with Gasteiger partial charge in [0.1, 0.15) is 0 Å². The summed E-state index contributed by atoms with van der Waals surface area (Å²) >= 11 is 1.97. The molecule has 0 aromatic rings. The van der Waals surface area contributed by atoms with E-state index in [0.29, 0.717) is 13.1 Å². The molecule has 35 heavy (non-hydrogen) atoms. The molecule has 10 heteroatoms. The highest BCUT2D eigenvalue weighted by Gasteiger charge is 2.85. The molecule has 2 saturated carbocycles. The van der Waals surface area contributed by atoms with Crippen molar-refractivity contribution in [3.05, 3.63) is 41.9 Å². The first kappa shape index (κ1) is 24.5. The van der Waals surface area contributed by atoms with E-state index in [4.69, 9.17) is 0 Å². The monoisotopic (exact) mass is 534 g/mol. The summed E-state index contributed by atoms with van der Waals surface area (Å²) in [6, 6.07) is 0.397. The third-order valence-electron chi connectivity index (χ3n) is 9.44. The lowest BCUT2D eigenvalue weighted by Gasteiger charge is -2.52. The van der Waals surface area contributed by atoms with Crippen LogP contribution in [-0.4, -0.2) is 42.9 Å². The molecule has 3 aliphatic carbocycles. The van der Waals surface area contributed by atoms with Crippen LogP contribution in [0.5, 0.6) is 0 Å². The van der Waals surface area contributed by atoms with Gasteiger partial charge in [-0.1, -0.05) is 36.4 Å². The highest BCUT2D eigenvalue weighted by molar-refractivity contribution is 8.07. The fourth-order valence-corrected chi connectivity index (χ4v) is 10.4. The van der Waals surface area contributed by atoms with Crippen LogP contribution >= 0.6 is 23.5 Å². The Bertz CT molecular complexity index is 1080. The molecule has 4 atom stereocenters. The SMILES string of the molecule is CC1=C2CN[C@@H]3CCCC[C@H]3NCC3=C(C)SC4=C5C(=C(S1)[C@]2(C)[C@]34C)C(F)(F)C(F)(F)C5(F)F. The maximum absolute atomic E-state index is 15.4. The number of allylic oxidation sites excluding steroid dienone is 6. The van der Waals surface area contributed by atoms with Gasteiger partial charge in [-0.15, -0.1) is 0 Å². The number of halogens is 6. The van der Waals surface area contributed by atoms with Gasteiger partial charge in [-0.3, -0.25) is 0 Å². The van der Waals surface area contributed by atoms with Crippen molar-refractivity contribution in [2.75, 3.05) is 13.1 Å². The van der Waals surface area contributed by atoms with Gasteiger partial charge in [0.2, 0.25) is 0 Å². The number of alkyl halides is 6. The molecule has 0 spiro atoms. The van der Waals surface area contributed by atoms with Gasteiger partial charge in [-0.2, -0.15) is 26.3 Å². The molecule has 3 aliphatic heterocycles. The molecule has 3 fully saturated rings. The molecule has 6 rings (SSSR count). The Balaban J connectivity index is 1.65. The first-order chi connectivity index (χ1) is 16.2. The zero-order chi connectivity index (χ0) is 25.3. The van der Waals surface area contributed by atoms with Crippen molar-refractivity contribution in [1.82, 2.24) is 10.6 Å². The smallest absolute Gasteiger partial charge is 0.309 e. The van der Waals surface area contributed by atoms with Crippen molar-refractivity contribution in [1.29, 1.82) is 0 Å². The fraction of sp³-hybridized carbons (Fsp3) is 0.680. The zero-order valence-electron chi connectivity index (χ0n) is 20.0. The Hall–Kier alpha value is -0.840. The van der Waals surface area contributed by atoms with Gasteiger partial charge in [0.15, 0.2) is 0 Å². The summed E-state index contributed by atoms with van der Waals surface area (Å²) in [5.41, 5.74) is -2.87. The summed E-state index contributed by atoms with van der Waals surface area (Å²) in [6.07, 6.45) is 4.16. The molecule has 2 N–H and O–H groups in total. The molecule has 0 aromatic heterocycles. The molecule has 1 saturated heterocycles. The molecule has 0 amide bonds. The minimum absolute atomic E-state index is 0.0385. The minimum Gasteiger partial charge on any atom is -0.309 e. The molecule has 2 nitrogen and oxygen atoms in total. The van der Waals surface area contributed by atoms with Gasteiger partial charge >= 0.3 is 17.8 Å². The Morgan fingerprint density at radius 1 is 0.686 bits per heavy atom. The van der Waals surface area contributed by atoms with Gasteiger partial charge in [-0.25, -0.2) is 0 Å². The van der Waals surface area contributed by atoms with Crippen LogP contribution in [0.1, 0.15) is 53.4 Å². The number of fused-ring (bicyclic) bond motifs is 2. The Morgan fingerprint density at radius 2 is 1.06 bits per heavy atom. The van der Waals surface area contributed by atoms with E-state index in [1.807, 2.05) is 0 Å². The second kappa shape index (κ2) is 7.17. The summed E-state index contributed by atoms with van der Waals surface area (Å²) in [7, 11) is 0. The van der Waals surface area contributed by atoms with Crippen LogP contribution in [0.2, 0.25) is 0 Å². The summed E-state index contributed by atoms with van der Waals surface area (Å²) in [6.45, 7) is 8.01. The highest BCUT2D eigenvalue weighted by Crippen LogP contribution is 2.79. The number of rotatable bonds is 0. The van der Waals surface area contributed by atoms with Crippen LogP contribution in [0.3, 0.4) is 0 Å². The number of hydrogen-bond donors (Lipinski definition) is 2.